The van der Waals surface area contributed by atoms with Crippen molar-refractivity contribution < 1.29 is 0 Å². The van der Waals surface area contributed by atoms with Gasteiger partial charge in [-0.2, -0.15) is 0 Å². The number of hydrogen-bond donors (Lipinski definition) is 0. The van der Waals surface area contributed by atoms with Gasteiger partial charge in [0.25, 0.3) is 0 Å². The summed E-state index contributed by atoms with van der Waals surface area (Å²) in [5.41, 5.74) is 6.06. The first-order chi connectivity index (χ1) is 22.5. The van der Waals surface area contributed by atoms with Gasteiger partial charge in [-0.3, -0.25) is 0 Å². The average molecular weight is 641 g/mol. The molecule has 0 saturated heterocycles. The summed E-state index contributed by atoms with van der Waals surface area (Å²) in [7, 11) is 0. The fraction of sp³-hybridized carbons (Fsp3) is 0.915. The molecule has 0 aromatic heterocycles. The molecular weight excluding hydrogens is 565 g/mol. The lowest BCUT2D eigenvalue weighted by Crippen LogP contribution is -2.51. The Morgan fingerprint density at radius 1 is 0.553 bits per heavy atom. The van der Waals surface area contributed by atoms with Crippen molar-refractivity contribution in [2.45, 2.75) is 177 Å². The van der Waals surface area contributed by atoms with E-state index in [4.69, 9.17) is 0 Å². The van der Waals surface area contributed by atoms with Crippen LogP contribution in [0.2, 0.25) is 0 Å². The highest BCUT2D eigenvalue weighted by Gasteiger charge is 2.61. The molecule has 0 amide bonds. The van der Waals surface area contributed by atoms with Crippen LogP contribution in [-0.2, 0) is 0 Å². The minimum absolute atomic E-state index is 0.531. The van der Waals surface area contributed by atoms with Crippen LogP contribution in [0.4, 0.5) is 0 Å². The van der Waals surface area contributed by atoms with Crippen LogP contribution in [0.15, 0.2) is 23.3 Å². The summed E-state index contributed by atoms with van der Waals surface area (Å²) in [6.07, 6.45) is 33.8. The van der Waals surface area contributed by atoms with Crippen molar-refractivity contribution in [3.05, 3.63) is 23.3 Å². The summed E-state index contributed by atoms with van der Waals surface area (Å²) in [6, 6.07) is 0. The summed E-state index contributed by atoms with van der Waals surface area (Å²) in [6.45, 7) is 21.4. The molecule has 8 aliphatic rings. The van der Waals surface area contributed by atoms with Crippen LogP contribution in [0.25, 0.3) is 0 Å². The van der Waals surface area contributed by atoms with Crippen molar-refractivity contribution in [1.82, 2.24) is 0 Å². The molecule has 0 aromatic rings. The van der Waals surface area contributed by atoms with Crippen LogP contribution in [0.3, 0.4) is 0 Å². The second-order valence-electron chi connectivity index (χ2n) is 21.2. The fourth-order valence-electron chi connectivity index (χ4n) is 17.0. The topological polar surface area (TPSA) is 0 Å². The molecular formula is C47H76. The van der Waals surface area contributed by atoms with E-state index in [0.717, 1.165) is 71.0 Å². The normalized spacial score (nSPS) is 53.3. The summed E-state index contributed by atoms with van der Waals surface area (Å²) >= 11 is 0. The third-order valence-electron chi connectivity index (χ3n) is 19.8. The Kier molecular flexibility index (Phi) is 8.60. The highest BCUT2D eigenvalue weighted by molar-refractivity contribution is 5.26. The minimum Gasteiger partial charge on any atom is -0.0845 e. The molecule has 0 aromatic carbocycles. The van der Waals surface area contributed by atoms with Crippen LogP contribution < -0.4 is 0 Å². The molecule has 8 rings (SSSR count). The summed E-state index contributed by atoms with van der Waals surface area (Å²) in [5.74, 6) is 11.5. The van der Waals surface area contributed by atoms with E-state index in [0.29, 0.717) is 21.7 Å². The van der Waals surface area contributed by atoms with Gasteiger partial charge < -0.3 is 0 Å². The van der Waals surface area contributed by atoms with Crippen LogP contribution in [0, 0.1) is 92.7 Å². The van der Waals surface area contributed by atoms with Crippen molar-refractivity contribution >= 4 is 0 Å². The lowest BCUT2D eigenvalue weighted by molar-refractivity contribution is -0.0619. The molecule has 8 unspecified atom stereocenters. The van der Waals surface area contributed by atoms with Crippen LogP contribution in [-0.4, -0.2) is 0 Å². The molecule has 0 heteroatoms. The molecule has 0 nitrogen and oxygen atoms in total. The van der Waals surface area contributed by atoms with Crippen molar-refractivity contribution in [3.63, 3.8) is 0 Å². The second-order valence-corrected chi connectivity index (χ2v) is 21.2. The maximum absolute atomic E-state index is 2.82. The summed E-state index contributed by atoms with van der Waals surface area (Å²) in [5, 5.41) is 0. The number of allylic oxidation sites excluding steroid dienone is 4. The summed E-state index contributed by atoms with van der Waals surface area (Å²) < 4.78 is 0. The molecule has 0 aliphatic heterocycles. The van der Waals surface area contributed by atoms with Crippen LogP contribution >= 0.6 is 0 Å². The zero-order valence-electron chi connectivity index (χ0n) is 32.5. The molecule has 6 fully saturated rings. The van der Waals surface area contributed by atoms with Crippen molar-refractivity contribution in [2.75, 3.05) is 0 Å². The highest BCUT2D eigenvalue weighted by atomic mass is 14.7. The maximum atomic E-state index is 2.82. The van der Waals surface area contributed by atoms with E-state index in [2.05, 4.69) is 67.5 Å². The zero-order valence-corrected chi connectivity index (χ0v) is 32.5. The van der Waals surface area contributed by atoms with Gasteiger partial charge in [-0.25, -0.2) is 0 Å². The largest absolute Gasteiger partial charge is 0.0845 e. The fourth-order valence-corrected chi connectivity index (χ4v) is 17.0. The first kappa shape index (κ1) is 33.6. The van der Waals surface area contributed by atoms with Gasteiger partial charge >= 0.3 is 0 Å². The van der Waals surface area contributed by atoms with Crippen LogP contribution in [0.5, 0.6) is 0 Å². The molecule has 8 aliphatic carbocycles. The molecule has 0 heterocycles. The predicted octanol–water partition coefficient (Wildman–Crippen LogP) is 13.9. The van der Waals surface area contributed by atoms with Gasteiger partial charge in [0.2, 0.25) is 0 Å². The van der Waals surface area contributed by atoms with E-state index in [9.17, 15) is 0 Å². The monoisotopic (exact) mass is 641 g/mol. The summed E-state index contributed by atoms with van der Waals surface area (Å²) in [4.78, 5) is 0. The second kappa shape index (κ2) is 12.0. The standard InChI is InChI=1S/C47H76/c1-9-32-19-23-44(5)34(28-32)11-13-36-40-17-15-38(46(40,7)25-21-42(36)44)30(3)27-31(4)39-16-18-41-37-14-12-35-29-33(10-2)20-24-45(35,6)43(37)22-26-47(39,41)8/h11-12,30-33,36-43H,9-10,13-29H2,1-8H3/t30-,31-,32+,33+,36-,37+,38?,39?,40+,41+,42?,43?,44?,45?,46?,47?/m1/s1. The SMILES string of the molecule is CC[C@H]1CCC2(C)C(=CC[C@@H]3C2CCC2(C)C([C@H](C)C[C@@H](C)C4CC[C@H]5[C@H]6CC=C7C[C@@H](CC)CCC7(C)C6CCC45C)CC[C@@H]32)C1. The van der Waals surface area contributed by atoms with E-state index in [1.54, 1.807) is 0 Å². The molecule has 16 atom stereocenters. The number of fused-ring (bicyclic) bond motifs is 10. The van der Waals surface area contributed by atoms with Gasteiger partial charge in [-0.1, -0.05) is 91.5 Å². The Bertz CT molecular complexity index is 1140. The molecule has 264 valence electrons. The lowest BCUT2D eigenvalue weighted by Gasteiger charge is -2.59. The molecule has 6 saturated carbocycles. The first-order valence-corrected chi connectivity index (χ1v) is 21.8. The average Bonchev–Trinajstić information content (AvgIpc) is 3.61. The minimum atomic E-state index is 0.531. The quantitative estimate of drug-likeness (QED) is 0.253. The number of rotatable bonds is 6. The van der Waals surface area contributed by atoms with Crippen molar-refractivity contribution in [3.8, 4) is 0 Å². The number of hydrogen-bond acceptors (Lipinski definition) is 0. The van der Waals surface area contributed by atoms with Gasteiger partial charge in [0.05, 0.1) is 0 Å². The van der Waals surface area contributed by atoms with Gasteiger partial charge in [-0.05, 0) is 202 Å². The Hall–Kier alpha value is -0.520. The first-order valence-electron chi connectivity index (χ1n) is 21.8. The van der Waals surface area contributed by atoms with E-state index in [-0.39, 0.29) is 0 Å². The molecule has 0 N–H and O–H groups in total. The van der Waals surface area contributed by atoms with Crippen molar-refractivity contribution in [2.24, 2.45) is 92.7 Å². The van der Waals surface area contributed by atoms with Crippen LogP contribution in [0.1, 0.15) is 177 Å². The Labute approximate surface area is 292 Å². The molecule has 0 radical (unpaired) electrons. The van der Waals surface area contributed by atoms with Gasteiger partial charge in [0, 0.05) is 0 Å². The van der Waals surface area contributed by atoms with E-state index in [1.807, 2.05) is 11.1 Å². The van der Waals surface area contributed by atoms with E-state index < -0.39 is 0 Å². The molecule has 47 heavy (non-hydrogen) atoms. The Morgan fingerprint density at radius 3 is 1.38 bits per heavy atom. The Morgan fingerprint density at radius 2 is 0.979 bits per heavy atom. The van der Waals surface area contributed by atoms with Gasteiger partial charge in [0.15, 0.2) is 0 Å². The van der Waals surface area contributed by atoms with Gasteiger partial charge in [-0.15, -0.1) is 0 Å². The van der Waals surface area contributed by atoms with E-state index >= 15 is 0 Å². The lowest BCUT2D eigenvalue weighted by atomic mass is 9.46. The zero-order chi connectivity index (χ0) is 32.9. The van der Waals surface area contributed by atoms with E-state index in [1.165, 1.54) is 122 Å². The smallest absolute Gasteiger partial charge is 0.00851 e. The molecule has 0 spiro atoms. The van der Waals surface area contributed by atoms with Gasteiger partial charge in [0.1, 0.15) is 0 Å². The highest BCUT2D eigenvalue weighted by Crippen LogP contribution is 2.70. The van der Waals surface area contributed by atoms with Crippen molar-refractivity contribution in [1.29, 1.82) is 0 Å². The predicted molar refractivity (Wildman–Crippen MR) is 201 cm³/mol. The Balaban J connectivity index is 0.940. The third kappa shape index (κ3) is 4.97. The third-order valence-corrected chi connectivity index (χ3v) is 19.8. The maximum Gasteiger partial charge on any atom is -0.00851 e. The molecule has 0 bridgehead atoms.